The van der Waals surface area contributed by atoms with E-state index in [4.69, 9.17) is 28.7 Å². The quantitative estimate of drug-likeness (QED) is 0.213. The molecule has 4 heterocycles. The number of rotatable bonds is 9. The molecule has 356 valence electrons. The highest BCUT2D eigenvalue weighted by Gasteiger charge is 2.62. The highest BCUT2D eigenvalue weighted by atomic mass is 32.2. The number of aromatic nitrogens is 1. The van der Waals surface area contributed by atoms with Crippen molar-refractivity contribution < 1.29 is 64.5 Å². The summed E-state index contributed by atoms with van der Waals surface area (Å²) in [5.41, 5.74) is -3.42. The second-order valence-corrected chi connectivity index (χ2v) is 20.5. The van der Waals surface area contributed by atoms with Gasteiger partial charge in [-0.2, -0.15) is 13.2 Å². The van der Waals surface area contributed by atoms with Crippen molar-refractivity contribution in [1.82, 2.24) is 25.2 Å². The molecule has 2 aliphatic carbocycles. The Morgan fingerprint density at radius 3 is 2.44 bits per heavy atom. The van der Waals surface area contributed by atoms with Crippen LogP contribution in [0, 0.1) is 17.8 Å². The van der Waals surface area contributed by atoms with Gasteiger partial charge in [0.15, 0.2) is 11.5 Å². The molecule has 16 nitrogen and oxygen atoms in total. The number of fused-ring (bicyclic) bond motifs is 4. The first kappa shape index (κ1) is 46.7. The minimum Gasteiger partial charge on any atom is -0.497 e. The molecule has 3 aromatic rings. The van der Waals surface area contributed by atoms with Crippen LogP contribution in [0.4, 0.5) is 18.0 Å². The number of sulfonamides is 1. The maximum absolute atomic E-state index is 15.0. The lowest BCUT2D eigenvalue weighted by atomic mass is 9.88. The fourth-order valence-corrected chi connectivity index (χ4v) is 10.2. The normalized spacial score (nSPS) is 27.5. The van der Waals surface area contributed by atoms with E-state index in [0.29, 0.717) is 98.4 Å². The van der Waals surface area contributed by atoms with Crippen LogP contribution in [0.15, 0.2) is 54.6 Å². The molecule has 3 aliphatic heterocycles. The predicted molar refractivity (Wildman–Crippen MR) is 233 cm³/mol. The average Bonchev–Trinajstić information content (AvgIpc) is 4.19. The number of nitrogens with zero attached hydrogens (tertiary/aromatic N) is 2. The fourth-order valence-electron chi connectivity index (χ4n) is 8.87. The summed E-state index contributed by atoms with van der Waals surface area (Å²) in [5.74, 6) is -2.00. The number of alkyl halides is 3. The van der Waals surface area contributed by atoms with Gasteiger partial charge in [0.25, 0.3) is 5.91 Å². The Morgan fingerprint density at radius 1 is 0.985 bits per heavy atom. The molecule has 0 unspecified atom stereocenters. The van der Waals surface area contributed by atoms with Crippen molar-refractivity contribution in [1.29, 1.82) is 0 Å². The first-order valence-corrected chi connectivity index (χ1v) is 23.7. The lowest BCUT2D eigenvalue weighted by Gasteiger charge is -2.34. The molecule has 20 heteroatoms. The molecule has 0 bridgehead atoms. The summed E-state index contributed by atoms with van der Waals surface area (Å²) < 4.78 is 98.4. The zero-order valence-corrected chi connectivity index (χ0v) is 38.1. The topological polar surface area (TPSA) is 201 Å². The number of ether oxygens (including phenoxy) is 5. The second kappa shape index (κ2) is 17.8. The van der Waals surface area contributed by atoms with Crippen LogP contribution in [0.1, 0.15) is 72.6 Å². The van der Waals surface area contributed by atoms with Gasteiger partial charge >= 0.3 is 12.3 Å². The molecule has 5 aliphatic rings. The van der Waals surface area contributed by atoms with E-state index in [9.17, 15) is 36.0 Å². The number of methoxy groups -OCH3 is 1. The zero-order chi connectivity index (χ0) is 47.3. The van der Waals surface area contributed by atoms with Crippen LogP contribution < -0.4 is 34.3 Å². The van der Waals surface area contributed by atoms with Crippen LogP contribution in [0.5, 0.6) is 23.1 Å². The summed E-state index contributed by atoms with van der Waals surface area (Å²) in [6.07, 6.45) is -1.52. The summed E-state index contributed by atoms with van der Waals surface area (Å²) >= 11 is 0. The first-order chi connectivity index (χ1) is 31.2. The van der Waals surface area contributed by atoms with Gasteiger partial charge in [0.1, 0.15) is 42.7 Å². The molecule has 1 aromatic heterocycles. The summed E-state index contributed by atoms with van der Waals surface area (Å²) in [7, 11) is -2.48. The Hall–Kier alpha value is -5.79. The molecule has 7 atom stereocenters. The van der Waals surface area contributed by atoms with E-state index in [1.165, 1.54) is 12.0 Å². The summed E-state index contributed by atoms with van der Waals surface area (Å²) in [6, 6.07) is 9.66. The highest BCUT2D eigenvalue weighted by molar-refractivity contribution is 7.91. The molecule has 3 fully saturated rings. The van der Waals surface area contributed by atoms with Crippen LogP contribution in [0.2, 0.25) is 0 Å². The van der Waals surface area contributed by atoms with E-state index >= 15 is 4.79 Å². The third kappa shape index (κ3) is 9.69. The number of carbonyl (C=O) groups is 4. The summed E-state index contributed by atoms with van der Waals surface area (Å²) in [5, 5.41) is 5.74. The lowest BCUT2D eigenvalue weighted by molar-refractivity contribution is -0.244. The Morgan fingerprint density at radius 2 is 1.73 bits per heavy atom. The number of hydrogen-bond acceptors (Lipinski definition) is 12. The van der Waals surface area contributed by atoms with E-state index in [0.717, 1.165) is 0 Å². The molecule has 2 aromatic carbocycles. The second-order valence-electron chi connectivity index (χ2n) is 18.5. The Bertz CT molecular complexity index is 2550. The van der Waals surface area contributed by atoms with Crippen LogP contribution >= 0.6 is 0 Å². The minimum atomic E-state index is -4.93. The van der Waals surface area contributed by atoms with E-state index in [1.54, 1.807) is 43.3 Å². The van der Waals surface area contributed by atoms with Crippen LogP contribution in [-0.2, 0) is 29.1 Å². The predicted octanol–water partition coefficient (Wildman–Crippen LogP) is 5.96. The number of halogens is 3. The zero-order valence-electron chi connectivity index (χ0n) is 37.2. The van der Waals surface area contributed by atoms with Crippen molar-refractivity contribution in [2.45, 2.75) is 113 Å². The average molecular weight is 942 g/mol. The van der Waals surface area contributed by atoms with Gasteiger partial charge < -0.3 is 39.2 Å². The van der Waals surface area contributed by atoms with Gasteiger partial charge in [0.05, 0.1) is 24.6 Å². The smallest absolute Gasteiger partial charge is 0.427 e. The van der Waals surface area contributed by atoms with Crippen molar-refractivity contribution in [2.24, 2.45) is 17.8 Å². The van der Waals surface area contributed by atoms with Gasteiger partial charge in [0, 0.05) is 23.3 Å². The summed E-state index contributed by atoms with van der Waals surface area (Å²) in [4.78, 5) is 63.1. The van der Waals surface area contributed by atoms with Crippen LogP contribution in [0.25, 0.3) is 22.0 Å². The van der Waals surface area contributed by atoms with Crippen molar-refractivity contribution in [2.75, 3.05) is 26.9 Å². The number of alkyl carbamates (subject to hydrolysis) is 1. The van der Waals surface area contributed by atoms with E-state index in [1.807, 2.05) is 25.1 Å². The maximum atomic E-state index is 15.0. The molecule has 66 heavy (non-hydrogen) atoms. The number of hydrogen-bond donors (Lipinski definition) is 3. The third-order valence-electron chi connectivity index (χ3n) is 13.0. The monoisotopic (exact) mass is 941 g/mol. The van der Waals surface area contributed by atoms with Crippen molar-refractivity contribution in [3.05, 3.63) is 54.6 Å². The lowest BCUT2D eigenvalue weighted by Crippen LogP contribution is -2.59. The van der Waals surface area contributed by atoms with Crippen molar-refractivity contribution in [3.8, 4) is 34.4 Å². The largest absolute Gasteiger partial charge is 0.497 e. The van der Waals surface area contributed by atoms with Gasteiger partial charge in [-0.25, -0.2) is 18.2 Å². The van der Waals surface area contributed by atoms with E-state index in [2.05, 4.69) is 15.4 Å². The van der Waals surface area contributed by atoms with E-state index < -0.39 is 86.4 Å². The first-order valence-electron chi connectivity index (χ1n) is 22.1. The van der Waals surface area contributed by atoms with Crippen LogP contribution in [0.3, 0.4) is 0 Å². The Labute approximate surface area is 380 Å². The molecule has 8 rings (SSSR count). The van der Waals surface area contributed by atoms with Crippen molar-refractivity contribution in [3.63, 3.8) is 0 Å². The number of amides is 4. The number of nitrogens with one attached hydrogen (secondary N) is 3. The van der Waals surface area contributed by atoms with Gasteiger partial charge in [-0.1, -0.05) is 26.0 Å². The third-order valence-corrected chi connectivity index (χ3v) is 14.9. The highest BCUT2D eigenvalue weighted by Crippen LogP contribution is 2.46. The fraction of sp³-hybridized carbons (Fsp3) is 0.543. The molecule has 0 spiro atoms. The molecule has 3 N–H and O–H groups in total. The molecular weight excluding hydrogens is 888 g/mol. The SMILES string of the molecule is COc1ccc2c(O[C@@H]3C[C@H]4C(=O)N[C@]5(C(=O)NS(=O)(=O)C6CC6)C[C@H]5/C=C\CC[C@@H](C)C[C@@H](C)[C@H](NC(=O)OC(C)(C)C(F)(F)F)C(=O)N4C3)nc(-c3ccc4c(c3)OCCO4)cc2c1. The van der Waals surface area contributed by atoms with Crippen molar-refractivity contribution >= 4 is 44.6 Å². The maximum Gasteiger partial charge on any atom is 0.427 e. The molecular formula is C46H54F3N5O11S. The Balaban J connectivity index is 1.16. The summed E-state index contributed by atoms with van der Waals surface area (Å²) in [6.45, 7) is 5.51. The van der Waals surface area contributed by atoms with E-state index in [-0.39, 0.29) is 31.2 Å². The van der Waals surface area contributed by atoms with Crippen LogP contribution in [-0.4, -0.2) is 110 Å². The minimum absolute atomic E-state index is 0.0601. The van der Waals surface area contributed by atoms with Gasteiger partial charge in [-0.15, -0.1) is 0 Å². The standard InChI is InChI=1S/C46H54F3N5O11S/c1-25-8-6-7-9-29-23-45(29,42(57)53-66(59,60)32-12-13-32)52-39(55)35-22-31(24-54(35)41(56)38(26(2)18-25)51-43(58)65-44(3,4)46(47,48)49)64-40-33-14-11-30(61-5)19-28(33)20-34(50-40)27-10-15-36-37(21-27)63-17-16-62-36/h7,9-11,14-15,19-21,25-26,29,31-32,35,38H,6,8,12-13,16-18,22-24H2,1-5H3,(H,51,58)(H,52,55)(H,53,57)/b9-7-/t25-,26-,29-,31-,35+,38+,45-/m1/s1. The molecule has 1 saturated heterocycles. The molecule has 0 radical (unpaired) electrons. The number of pyridine rings is 1. The van der Waals surface area contributed by atoms with Gasteiger partial charge in [-0.3, -0.25) is 19.1 Å². The van der Waals surface area contributed by atoms with Gasteiger partial charge in [0.2, 0.25) is 33.3 Å². The number of benzene rings is 2. The number of allylic oxidation sites excluding steroid dienone is 1. The molecule has 4 amide bonds. The molecule has 2 saturated carbocycles. The number of carbonyl (C=O) groups excluding carboxylic acids is 4. The Kier molecular flexibility index (Phi) is 12.6. The van der Waals surface area contributed by atoms with Gasteiger partial charge in [-0.05, 0) is 112 Å².